The van der Waals surface area contributed by atoms with Gasteiger partial charge in [-0.15, -0.1) is 0 Å². The number of hydrogen-bond acceptors (Lipinski definition) is 1. The maximum atomic E-state index is 13.4. The van der Waals surface area contributed by atoms with E-state index in [4.69, 9.17) is 0 Å². The second-order valence-corrected chi connectivity index (χ2v) is 6.43. The summed E-state index contributed by atoms with van der Waals surface area (Å²) >= 11 is 6.60. The Hall–Kier alpha value is -0.780. The SMILES string of the molecule is CCNC(Cc1ccc(F)cc1Br)c1ccc(F)c(Br)c1. The molecule has 2 aromatic carbocycles. The highest BCUT2D eigenvalue weighted by Gasteiger charge is 2.14. The number of rotatable bonds is 5. The lowest BCUT2D eigenvalue weighted by Gasteiger charge is -2.20. The van der Waals surface area contributed by atoms with Crippen molar-refractivity contribution in [3.05, 3.63) is 68.1 Å². The van der Waals surface area contributed by atoms with Crippen molar-refractivity contribution in [1.29, 1.82) is 0 Å². The summed E-state index contributed by atoms with van der Waals surface area (Å²) in [5.74, 6) is -0.549. The van der Waals surface area contributed by atoms with Gasteiger partial charge >= 0.3 is 0 Å². The van der Waals surface area contributed by atoms with E-state index in [1.54, 1.807) is 18.2 Å². The third-order valence-electron chi connectivity index (χ3n) is 3.24. The summed E-state index contributed by atoms with van der Waals surface area (Å²) in [5.41, 5.74) is 1.99. The molecule has 0 fully saturated rings. The molecule has 0 aliphatic carbocycles. The Morgan fingerprint density at radius 2 is 1.81 bits per heavy atom. The first-order valence-corrected chi connectivity index (χ1v) is 8.22. The quantitative estimate of drug-likeness (QED) is 0.686. The van der Waals surface area contributed by atoms with Crippen LogP contribution in [0.3, 0.4) is 0 Å². The average Bonchev–Trinajstić information content (AvgIpc) is 2.44. The van der Waals surface area contributed by atoms with Crippen molar-refractivity contribution >= 4 is 31.9 Å². The average molecular weight is 419 g/mol. The Kier molecular flexibility index (Phi) is 5.90. The van der Waals surface area contributed by atoms with Crippen LogP contribution < -0.4 is 5.32 Å². The molecule has 0 radical (unpaired) electrons. The second-order valence-electron chi connectivity index (χ2n) is 4.72. The summed E-state index contributed by atoms with van der Waals surface area (Å²) in [4.78, 5) is 0. The van der Waals surface area contributed by atoms with Crippen molar-refractivity contribution in [3.8, 4) is 0 Å². The fourth-order valence-corrected chi connectivity index (χ4v) is 3.10. The molecular formula is C16H15Br2F2N. The van der Waals surface area contributed by atoms with E-state index in [-0.39, 0.29) is 17.7 Å². The molecule has 112 valence electrons. The summed E-state index contributed by atoms with van der Waals surface area (Å²) in [7, 11) is 0. The fourth-order valence-electron chi connectivity index (χ4n) is 2.19. The lowest BCUT2D eigenvalue weighted by molar-refractivity contribution is 0.544. The number of benzene rings is 2. The zero-order chi connectivity index (χ0) is 15.4. The smallest absolute Gasteiger partial charge is 0.137 e. The molecule has 0 saturated heterocycles. The van der Waals surface area contributed by atoms with Crippen molar-refractivity contribution in [2.45, 2.75) is 19.4 Å². The lowest BCUT2D eigenvalue weighted by Crippen LogP contribution is -2.23. The lowest BCUT2D eigenvalue weighted by atomic mass is 9.98. The van der Waals surface area contributed by atoms with Gasteiger partial charge in [-0.25, -0.2) is 8.78 Å². The summed E-state index contributed by atoms with van der Waals surface area (Å²) in [6, 6.07) is 9.70. The molecule has 0 aliphatic heterocycles. The topological polar surface area (TPSA) is 12.0 Å². The van der Waals surface area contributed by atoms with E-state index < -0.39 is 0 Å². The minimum atomic E-state index is -0.281. The van der Waals surface area contributed by atoms with Crippen LogP contribution in [0.15, 0.2) is 45.3 Å². The molecule has 5 heteroatoms. The van der Waals surface area contributed by atoms with E-state index in [1.807, 2.05) is 6.92 Å². The van der Waals surface area contributed by atoms with Crippen LogP contribution in [-0.2, 0) is 6.42 Å². The van der Waals surface area contributed by atoms with Gasteiger partial charge in [-0.1, -0.05) is 35.0 Å². The van der Waals surface area contributed by atoms with Gasteiger partial charge in [0.1, 0.15) is 11.6 Å². The van der Waals surface area contributed by atoms with Crippen LogP contribution in [0.2, 0.25) is 0 Å². The first-order chi connectivity index (χ1) is 10.0. The van der Waals surface area contributed by atoms with Crippen LogP contribution in [0.5, 0.6) is 0 Å². The molecule has 0 bridgehead atoms. The maximum Gasteiger partial charge on any atom is 0.137 e. The number of halogens is 4. The van der Waals surface area contributed by atoms with E-state index in [0.29, 0.717) is 10.9 Å². The van der Waals surface area contributed by atoms with Gasteiger partial charge in [-0.3, -0.25) is 0 Å². The van der Waals surface area contributed by atoms with E-state index in [1.165, 1.54) is 18.2 Å². The molecular weight excluding hydrogens is 404 g/mol. The van der Waals surface area contributed by atoms with Gasteiger partial charge in [0.15, 0.2) is 0 Å². The van der Waals surface area contributed by atoms with Crippen LogP contribution in [0.1, 0.15) is 24.1 Å². The third-order valence-corrected chi connectivity index (χ3v) is 4.58. The molecule has 2 aromatic rings. The molecule has 21 heavy (non-hydrogen) atoms. The van der Waals surface area contributed by atoms with Gasteiger partial charge in [0.25, 0.3) is 0 Å². The Morgan fingerprint density at radius 1 is 1.05 bits per heavy atom. The maximum absolute atomic E-state index is 13.4. The van der Waals surface area contributed by atoms with Crippen molar-refractivity contribution in [2.24, 2.45) is 0 Å². The van der Waals surface area contributed by atoms with E-state index in [0.717, 1.165) is 22.1 Å². The van der Waals surface area contributed by atoms with E-state index in [9.17, 15) is 8.78 Å². The predicted octanol–water partition coefficient (Wildman–Crippen LogP) is 5.38. The van der Waals surface area contributed by atoms with E-state index >= 15 is 0 Å². The molecule has 2 rings (SSSR count). The van der Waals surface area contributed by atoms with Crippen LogP contribution in [0.4, 0.5) is 8.78 Å². The first-order valence-electron chi connectivity index (χ1n) is 6.63. The van der Waals surface area contributed by atoms with Gasteiger partial charge in [0.2, 0.25) is 0 Å². The highest BCUT2D eigenvalue weighted by atomic mass is 79.9. The standard InChI is InChI=1S/C16H15Br2F2N/c1-2-21-16(11-4-6-15(20)14(18)7-11)8-10-3-5-12(19)9-13(10)17/h3-7,9,16,21H,2,8H2,1H3. The summed E-state index contributed by atoms with van der Waals surface area (Å²) in [5, 5.41) is 3.38. The Bertz CT molecular complexity index is 632. The number of nitrogens with one attached hydrogen (secondary N) is 1. The Labute approximate surface area is 140 Å². The van der Waals surface area contributed by atoms with Crippen LogP contribution in [0.25, 0.3) is 0 Å². The van der Waals surface area contributed by atoms with Crippen LogP contribution in [-0.4, -0.2) is 6.54 Å². The Morgan fingerprint density at radius 3 is 2.43 bits per heavy atom. The fraction of sp³-hybridized carbons (Fsp3) is 0.250. The zero-order valence-electron chi connectivity index (χ0n) is 11.5. The summed E-state index contributed by atoms with van der Waals surface area (Å²) in [6.07, 6.45) is 0.687. The molecule has 0 heterocycles. The van der Waals surface area contributed by atoms with Gasteiger partial charge in [-0.05, 0) is 64.3 Å². The van der Waals surface area contributed by atoms with Crippen molar-refractivity contribution in [2.75, 3.05) is 6.54 Å². The van der Waals surface area contributed by atoms with Crippen LogP contribution >= 0.6 is 31.9 Å². The molecule has 0 aromatic heterocycles. The highest BCUT2D eigenvalue weighted by molar-refractivity contribution is 9.10. The molecule has 0 saturated carbocycles. The van der Waals surface area contributed by atoms with E-state index in [2.05, 4.69) is 37.2 Å². The van der Waals surface area contributed by atoms with Gasteiger partial charge in [-0.2, -0.15) is 0 Å². The second kappa shape index (κ2) is 7.47. The van der Waals surface area contributed by atoms with Crippen molar-refractivity contribution in [1.82, 2.24) is 5.32 Å². The molecule has 1 N–H and O–H groups in total. The minimum Gasteiger partial charge on any atom is -0.310 e. The molecule has 0 aliphatic rings. The summed E-state index contributed by atoms with van der Waals surface area (Å²) < 4.78 is 27.7. The largest absolute Gasteiger partial charge is 0.310 e. The molecule has 1 nitrogen and oxygen atoms in total. The zero-order valence-corrected chi connectivity index (χ0v) is 14.6. The normalized spacial score (nSPS) is 12.4. The Balaban J connectivity index is 2.28. The molecule has 0 spiro atoms. The van der Waals surface area contributed by atoms with Crippen molar-refractivity contribution < 1.29 is 8.78 Å². The number of likely N-dealkylation sites (N-methyl/N-ethyl adjacent to an activating group) is 1. The molecule has 1 unspecified atom stereocenters. The van der Waals surface area contributed by atoms with Gasteiger partial charge in [0, 0.05) is 10.5 Å². The molecule has 0 amide bonds. The monoisotopic (exact) mass is 417 g/mol. The van der Waals surface area contributed by atoms with Crippen molar-refractivity contribution in [3.63, 3.8) is 0 Å². The van der Waals surface area contributed by atoms with Gasteiger partial charge in [0.05, 0.1) is 4.47 Å². The van der Waals surface area contributed by atoms with Gasteiger partial charge < -0.3 is 5.32 Å². The highest BCUT2D eigenvalue weighted by Crippen LogP contribution is 2.27. The predicted molar refractivity (Wildman–Crippen MR) is 88.3 cm³/mol. The minimum absolute atomic E-state index is 0.0358. The third kappa shape index (κ3) is 4.34. The number of hydrogen-bond donors (Lipinski definition) is 1. The summed E-state index contributed by atoms with van der Waals surface area (Å²) in [6.45, 7) is 2.81. The molecule has 1 atom stereocenters. The first kappa shape index (κ1) is 16.6. The van der Waals surface area contributed by atoms with Crippen LogP contribution in [0, 0.1) is 11.6 Å².